The molecule has 0 radical (unpaired) electrons. The summed E-state index contributed by atoms with van der Waals surface area (Å²) in [7, 11) is 0. The summed E-state index contributed by atoms with van der Waals surface area (Å²) >= 11 is 1.28. The average molecular weight is 333 g/mol. The van der Waals surface area contributed by atoms with Crippen molar-refractivity contribution in [3.63, 3.8) is 0 Å². The van der Waals surface area contributed by atoms with Crippen LogP contribution in [-0.4, -0.2) is 31.8 Å². The molecule has 3 aromatic rings. The Balaban J connectivity index is 1.68. The predicted octanol–water partition coefficient (Wildman–Crippen LogP) is 0.325. The van der Waals surface area contributed by atoms with Crippen molar-refractivity contribution >= 4 is 27.5 Å². The minimum Gasteiger partial charge on any atom is -0.352 e. The maximum absolute atomic E-state index is 12.2. The summed E-state index contributed by atoms with van der Waals surface area (Å²) in [6, 6.07) is 2.97. The molecular formula is C14H15N5O3S. The normalized spacial score (nSPS) is 12.4. The van der Waals surface area contributed by atoms with Crippen LogP contribution in [-0.2, 0) is 11.3 Å². The molecule has 3 heterocycles. The van der Waals surface area contributed by atoms with Crippen molar-refractivity contribution in [1.29, 1.82) is 0 Å². The van der Waals surface area contributed by atoms with Crippen molar-refractivity contribution in [2.75, 3.05) is 6.54 Å². The number of carbonyl (C=O) groups excluding carboxylic acids is 1. The molecule has 8 nitrogen and oxygen atoms in total. The number of fused-ring (bicyclic) bond motifs is 1. The van der Waals surface area contributed by atoms with Crippen LogP contribution in [0.5, 0.6) is 0 Å². The molecule has 0 aliphatic carbocycles. The number of carbonyl (C=O) groups is 1. The van der Waals surface area contributed by atoms with Crippen molar-refractivity contribution in [2.24, 2.45) is 0 Å². The van der Waals surface area contributed by atoms with E-state index < -0.39 is 11.7 Å². The van der Waals surface area contributed by atoms with Gasteiger partial charge in [0.05, 0.1) is 5.52 Å². The third kappa shape index (κ3) is 2.95. The average Bonchev–Trinajstić information content (AvgIpc) is 3.20. The van der Waals surface area contributed by atoms with E-state index in [1.54, 1.807) is 36.8 Å². The van der Waals surface area contributed by atoms with Gasteiger partial charge in [0.1, 0.15) is 10.7 Å². The Labute approximate surface area is 134 Å². The monoisotopic (exact) mass is 333 g/mol. The number of nitrogens with one attached hydrogen (secondary N) is 2. The van der Waals surface area contributed by atoms with Gasteiger partial charge >= 0.3 is 5.69 Å². The quantitative estimate of drug-likeness (QED) is 0.702. The fraction of sp³-hybridized carbons (Fsp3) is 0.286. The molecular weight excluding hydrogens is 318 g/mol. The summed E-state index contributed by atoms with van der Waals surface area (Å²) in [5.41, 5.74) is -0.277. The summed E-state index contributed by atoms with van der Waals surface area (Å²) in [5, 5.41) is 8.46. The molecule has 1 atom stereocenters. The van der Waals surface area contributed by atoms with Crippen LogP contribution >= 0.6 is 11.3 Å². The lowest BCUT2D eigenvalue weighted by Gasteiger charge is -2.12. The highest BCUT2D eigenvalue weighted by molar-refractivity contribution is 7.17. The van der Waals surface area contributed by atoms with Gasteiger partial charge in [0.2, 0.25) is 5.91 Å². The summed E-state index contributed by atoms with van der Waals surface area (Å²) in [6.45, 7) is 2.02. The SMILES string of the molecule is CC(C(=O)NCCn1c(=O)[nH]c2ccsc2c1=O)n1cccn1. The summed E-state index contributed by atoms with van der Waals surface area (Å²) in [5.74, 6) is -0.227. The smallest absolute Gasteiger partial charge is 0.328 e. The third-order valence-corrected chi connectivity index (χ3v) is 4.43. The maximum atomic E-state index is 12.2. The Kier molecular flexibility index (Phi) is 4.11. The first-order valence-corrected chi connectivity index (χ1v) is 7.93. The number of aromatic nitrogens is 4. The molecule has 9 heteroatoms. The summed E-state index contributed by atoms with van der Waals surface area (Å²) < 4.78 is 3.13. The second-order valence-corrected chi connectivity index (χ2v) is 5.92. The highest BCUT2D eigenvalue weighted by atomic mass is 32.1. The van der Waals surface area contributed by atoms with E-state index in [9.17, 15) is 14.4 Å². The van der Waals surface area contributed by atoms with Gasteiger partial charge in [-0.3, -0.25) is 18.8 Å². The highest BCUT2D eigenvalue weighted by Gasteiger charge is 2.15. The molecule has 0 aromatic carbocycles. The lowest BCUT2D eigenvalue weighted by molar-refractivity contribution is -0.124. The minimum atomic E-state index is -0.477. The van der Waals surface area contributed by atoms with Crippen molar-refractivity contribution in [3.05, 3.63) is 50.7 Å². The fourth-order valence-electron chi connectivity index (χ4n) is 2.24. The maximum Gasteiger partial charge on any atom is 0.328 e. The topological polar surface area (TPSA) is 102 Å². The zero-order valence-electron chi connectivity index (χ0n) is 12.4. The molecule has 23 heavy (non-hydrogen) atoms. The first-order chi connectivity index (χ1) is 11.1. The Morgan fingerprint density at radius 1 is 1.48 bits per heavy atom. The standard InChI is InChI=1S/C14H15N5O3S/c1-9(19-6-2-4-16-19)12(20)15-5-7-18-13(21)11-10(3-8-23-11)17-14(18)22/h2-4,6,8-9H,5,7H2,1H3,(H,15,20)(H,17,22). The van der Waals surface area contributed by atoms with E-state index in [0.29, 0.717) is 10.2 Å². The second-order valence-electron chi connectivity index (χ2n) is 5.00. The molecule has 0 fully saturated rings. The highest BCUT2D eigenvalue weighted by Crippen LogP contribution is 2.11. The van der Waals surface area contributed by atoms with Gasteiger partial charge in [-0.05, 0) is 24.4 Å². The van der Waals surface area contributed by atoms with Gasteiger partial charge in [0.15, 0.2) is 0 Å². The van der Waals surface area contributed by atoms with E-state index in [0.717, 1.165) is 4.57 Å². The van der Waals surface area contributed by atoms with Gasteiger partial charge in [-0.25, -0.2) is 4.79 Å². The van der Waals surface area contributed by atoms with Gasteiger partial charge in [-0.1, -0.05) is 0 Å². The van der Waals surface area contributed by atoms with Gasteiger partial charge in [-0.15, -0.1) is 11.3 Å². The van der Waals surface area contributed by atoms with Gasteiger partial charge in [0.25, 0.3) is 5.56 Å². The molecule has 0 aliphatic rings. The second kappa shape index (κ2) is 6.21. The van der Waals surface area contributed by atoms with E-state index in [-0.39, 0.29) is 24.6 Å². The van der Waals surface area contributed by atoms with Crippen LogP contribution in [0.25, 0.3) is 10.2 Å². The Morgan fingerprint density at radius 3 is 3.04 bits per heavy atom. The van der Waals surface area contributed by atoms with E-state index in [1.807, 2.05) is 0 Å². The Bertz CT molecular complexity index is 937. The lowest BCUT2D eigenvalue weighted by Crippen LogP contribution is -2.40. The molecule has 1 amide bonds. The van der Waals surface area contributed by atoms with E-state index in [2.05, 4.69) is 15.4 Å². The molecule has 0 bridgehead atoms. The van der Waals surface area contributed by atoms with Crippen LogP contribution in [0.3, 0.4) is 0 Å². The third-order valence-electron chi connectivity index (χ3n) is 3.53. The van der Waals surface area contributed by atoms with Crippen LogP contribution in [0.15, 0.2) is 39.5 Å². The number of aromatic amines is 1. The molecule has 1 unspecified atom stereocenters. The molecule has 120 valence electrons. The fourth-order valence-corrected chi connectivity index (χ4v) is 3.04. The predicted molar refractivity (Wildman–Crippen MR) is 86.7 cm³/mol. The van der Waals surface area contributed by atoms with Gasteiger partial charge in [0, 0.05) is 25.5 Å². The Hall–Kier alpha value is -2.68. The van der Waals surface area contributed by atoms with E-state index in [4.69, 9.17) is 0 Å². The van der Waals surface area contributed by atoms with Gasteiger partial charge < -0.3 is 10.3 Å². The van der Waals surface area contributed by atoms with Crippen LogP contribution in [0.4, 0.5) is 0 Å². The number of H-pyrrole nitrogens is 1. The van der Waals surface area contributed by atoms with Crippen LogP contribution in [0.2, 0.25) is 0 Å². The molecule has 3 rings (SSSR count). The Morgan fingerprint density at radius 2 is 2.30 bits per heavy atom. The summed E-state index contributed by atoms with van der Waals surface area (Å²) in [4.78, 5) is 38.8. The zero-order valence-corrected chi connectivity index (χ0v) is 13.2. The minimum absolute atomic E-state index is 0.111. The number of hydrogen-bond donors (Lipinski definition) is 2. The first kappa shape index (κ1) is 15.2. The molecule has 0 saturated carbocycles. The van der Waals surface area contributed by atoms with E-state index >= 15 is 0 Å². The molecule has 0 spiro atoms. The largest absolute Gasteiger partial charge is 0.352 e. The molecule has 2 N–H and O–H groups in total. The van der Waals surface area contributed by atoms with Crippen molar-refractivity contribution in [3.8, 4) is 0 Å². The van der Waals surface area contributed by atoms with Crippen molar-refractivity contribution in [1.82, 2.24) is 24.6 Å². The van der Waals surface area contributed by atoms with Crippen molar-refractivity contribution < 1.29 is 4.79 Å². The number of amides is 1. The number of hydrogen-bond acceptors (Lipinski definition) is 5. The number of nitrogens with zero attached hydrogens (tertiary/aromatic N) is 3. The van der Waals surface area contributed by atoms with Crippen LogP contribution in [0.1, 0.15) is 13.0 Å². The van der Waals surface area contributed by atoms with Crippen molar-refractivity contribution in [2.45, 2.75) is 19.5 Å². The lowest BCUT2D eigenvalue weighted by atomic mass is 10.3. The van der Waals surface area contributed by atoms with Crippen LogP contribution in [0, 0.1) is 0 Å². The zero-order chi connectivity index (χ0) is 16.4. The first-order valence-electron chi connectivity index (χ1n) is 7.05. The molecule has 0 saturated heterocycles. The number of thiophene rings is 1. The van der Waals surface area contributed by atoms with Crippen LogP contribution < -0.4 is 16.6 Å². The van der Waals surface area contributed by atoms with E-state index in [1.165, 1.54) is 16.0 Å². The van der Waals surface area contributed by atoms with Gasteiger partial charge in [-0.2, -0.15) is 5.10 Å². The molecule has 3 aromatic heterocycles. The summed E-state index contributed by atoms with van der Waals surface area (Å²) in [6.07, 6.45) is 3.29. The number of rotatable bonds is 5. The molecule has 0 aliphatic heterocycles.